The summed E-state index contributed by atoms with van der Waals surface area (Å²) in [6, 6.07) is 4.86. The molecule has 1 aromatic carbocycles. The number of nitrogens with zero attached hydrogens (tertiary/aromatic N) is 2. The van der Waals surface area contributed by atoms with E-state index in [1.165, 1.54) is 23.9 Å². The smallest absolute Gasteiger partial charge is 0.189 e. The molecule has 3 rings (SSSR count). The number of carbonyl (C=O) groups excluding carboxylic acids is 1. The SMILES string of the molecule is CSc1nc(NC2CC2)c(C=O)c(-c2ccc(F)cc2C)n1. The van der Waals surface area contributed by atoms with Gasteiger partial charge in [-0.2, -0.15) is 0 Å². The van der Waals surface area contributed by atoms with Gasteiger partial charge in [-0.1, -0.05) is 11.8 Å². The largest absolute Gasteiger partial charge is 0.367 e. The molecule has 1 saturated carbocycles. The average Bonchev–Trinajstić information content (AvgIpc) is 3.30. The van der Waals surface area contributed by atoms with Crippen LogP contribution in [-0.4, -0.2) is 28.6 Å². The Kier molecular flexibility index (Phi) is 4.11. The van der Waals surface area contributed by atoms with Gasteiger partial charge in [-0.05, 0) is 49.8 Å². The summed E-state index contributed by atoms with van der Waals surface area (Å²) in [5, 5.41) is 3.87. The van der Waals surface area contributed by atoms with Crippen LogP contribution >= 0.6 is 11.8 Å². The maximum atomic E-state index is 13.3. The molecule has 1 heterocycles. The number of hydrogen-bond donors (Lipinski definition) is 1. The Labute approximate surface area is 132 Å². The third-order valence-electron chi connectivity index (χ3n) is 3.59. The quantitative estimate of drug-likeness (QED) is 0.518. The van der Waals surface area contributed by atoms with Crippen molar-refractivity contribution in [2.45, 2.75) is 31.0 Å². The van der Waals surface area contributed by atoms with Crippen molar-refractivity contribution in [3.05, 3.63) is 35.1 Å². The lowest BCUT2D eigenvalue weighted by molar-refractivity contribution is 0.112. The molecule has 0 bridgehead atoms. The van der Waals surface area contributed by atoms with Crippen LogP contribution in [0.2, 0.25) is 0 Å². The molecule has 0 unspecified atom stereocenters. The number of anilines is 1. The number of aromatic nitrogens is 2. The highest BCUT2D eigenvalue weighted by atomic mass is 32.2. The molecule has 1 N–H and O–H groups in total. The fraction of sp³-hybridized carbons (Fsp3) is 0.312. The Morgan fingerprint density at radius 3 is 2.73 bits per heavy atom. The van der Waals surface area contributed by atoms with Crippen LogP contribution in [0.1, 0.15) is 28.8 Å². The number of thioether (sulfide) groups is 1. The predicted octanol–water partition coefficient (Wildman–Crippen LogP) is 3.70. The van der Waals surface area contributed by atoms with E-state index < -0.39 is 0 Å². The van der Waals surface area contributed by atoms with Crippen LogP contribution in [0, 0.1) is 12.7 Å². The minimum atomic E-state index is -0.302. The topological polar surface area (TPSA) is 54.9 Å². The zero-order valence-electron chi connectivity index (χ0n) is 12.4. The number of hydrogen-bond acceptors (Lipinski definition) is 5. The number of nitrogens with one attached hydrogen (secondary N) is 1. The summed E-state index contributed by atoms with van der Waals surface area (Å²) in [6.07, 6.45) is 4.83. The van der Waals surface area contributed by atoms with E-state index in [1.807, 2.05) is 13.2 Å². The lowest BCUT2D eigenvalue weighted by Crippen LogP contribution is -2.10. The van der Waals surface area contributed by atoms with Crippen LogP contribution in [0.25, 0.3) is 11.3 Å². The normalized spacial score (nSPS) is 14.0. The van der Waals surface area contributed by atoms with E-state index in [-0.39, 0.29) is 5.82 Å². The van der Waals surface area contributed by atoms with Crippen molar-refractivity contribution in [3.8, 4) is 11.3 Å². The van der Waals surface area contributed by atoms with Crippen LogP contribution in [-0.2, 0) is 0 Å². The molecule has 2 aromatic rings. The van der Waals surface area contributed by atoms with Crippen molar-refractivity contribution in [2.24, 2.45) is 0 Å². The van der Waals surface area contributed by atoms with Crippen molar-refractivity contribution in [1.82, 2.24) is 9.97 Å². The van der Waals surface area contributed by atoms with Gasteiger partial charge in [0.2, 0.25) is 0 Å². The number of benzene rings is 1. The highest BCUT2D eigenvalue weighted by Gasteiger charge is 2.25. The zero-order chi connectivity index (χ0) is 15.7. The Balaban J connectivity index is 2.17. The summed E-state index contributed by atoms with van der Waals surface area (Å²) in [5.74, 6) is 0.264. The Hall–Kier alpha value is -1.95. The molecule has 1 aliphatic rings. The first-order chi connectivity index (χ1) is 10.6. The molecule has 0 saturated heterocycles. The number of rotatable bonds is 5. The minimum absolute atomic E-state index is 0.302. The molecule has 0 radical (unpaired) electrons. The molecule has 6 heteroatoms. The highest BCUT2D eigenvalue weighted by Crippen LogP contribution is 2.32. The maximum Gasteiger partial charge on any atom is 0.189 e. The summed E-state index contributed by atoms with van der Waals surface area (Å²) < 4.78 is 13.3. The van der Waals surface area contributed by atoms with E-state index in [0.717, 1.165) is 30.3 Å². The summed E-state index contributed by atoms with van der Waals surface area (Å²) in [7, 11) is 0. The van der Waals surface area contributed by atoms with Crippen LogP contribution in [0.5, 0.6) is 0 Å². The fourth-order valence-corrected chi connectivity index (χ4v) is 2.65. The molecular weight excluding hydrogens is 301 g/mol. The summed E-state index contributed by atoms with van der Waals surface area (Å²) in [4.78, 5) is 20.5. The lowest BCUT2D eigenvalue weighted by atomic mass is 10.0. The lowest BCUT2D eigenvalue weighted by Gasteiger charge is -2.14. The molecule has 0 amide bonds. The van der Waals surface area contributed by atoms with E-state index >= 15 is 0 Å². The molecule has 22 heavy (non-hydrogen) atoms. The van der Waals surface area contributed by atoms with Gasteiger partial charge in [-0.25, -0.2) is 14.4 Å². The number of halogens is 1. The molecule has 0 aliphatic heterocycles. The molecule has 4 nitrogen and oxygen atoms in total. The maximum absolute atomic E-state index is 13.3. The predicted molar refractivity (Wildman–Crippen MR) is 86.0 cm³/mol. The van der Waals surface area contributed by atoms with E-state index in [9.17, 15) is 9.18 Å². The van der Waals surface area contributed by atoms with E-state index in [4.69, 9.17) is 0 Å². The van der Waals surface area contributed by atoms with Gasteiger partial charge < -0.3 is 5.32 Å². The van der Waals surface area contributed by atoms with Gasteiger partial charge in [0, 0.05) is 11.6 Å². The van der Waals surface area contributed by atoms with Crippen molar-refractivity contribution in [1.29, 1.82) is 0 Å². The standard InChI is InChI=1S/C16H16FN3OS/c1-9-7-10(17)3-6-12(9)14-13(8-21)15(18-11-4-5-11)20-16(19-14)22-2/h3,6-8,11H,4-5H2,1-2H3,(H,18,19,20). The van der Waals surface area contributed by atoms with Gasteiger partial charge in [0.1, 0.15) is 11.6 Å². The van der Waals surface area contributed by atoms with Gasteiger partial charge in [-0.15, -0.1) is 0 Å². The summed E-state index contributed by atoms with van der Waals surface area (Å²) in [6.45, 7) is 1.81. The number of aryl methyl sites for hydroxylation is 1. The minimum Gasteiger partial charge on any atom is -0.367 e. The number of aldehydes is 1. The molecule has 1 aromatic heterocycles. The fourth-order valence-electron chi connectivity index (χ4n) is 2.28. The van der Waals surface area contributed by atoms with Crippen LogP contribution < -0.4 is 5.32 Å². The molecule has 1 aliphatic carbocycles. The first-order valence-corrected chi connectivity index (χ1v) is 8.29. The monoisotopic (exact) mass is 317 g/mol. The Bertz CT molecular complexity index is 732. The van der Waals surface area contributed by atoms with Crippen LogP contribution in [0.15, 0.2) is 23.4 Å². The highest BCUT2D eigenvalue weighted by molar-refractivity contribution is 7.98. The summed E-state index contributed by atoms with van der Waals surface area (Å²) in [5.41, 5.74) is 2.47. The van der Waals surface area contributed by atoms with Crippen molar-refractivity contribution in [2.75, 3.05) is 11.6 Å². The second-order valence-electron chi connectivity index (χ2n) is 5.32. The average molecular weight is 317 g/mol. The van der Waals surface area contributed by atoms with Gasteiger partial charge in [0.05, 0.1) is 11.3 Å². The Morgan fingerprint density at radius 1 is 1.36 bits per heavy atom. The van der Waals surface area contributed by atoms with Crippen molar-refractivity contribution >= 4 is 23.9 Å². The van der Waals surface area contributed by atoms with Gasteiger partial charge in [-0.3, -0.25) is 4.79 Å². The summed E-state index contributed by atoms with van der Waals surface area (Å²) >= 11 is 1.42. The number of carbonyl (C=O) groups is 1. The second-order valence-corrected chi connectivity index (χ2v) is 6.09. The molecule has 0 spiro atoms. The second kappa shape index (κ2) is 6.04. The molecule has 114 valence electrons. The van der Waals surface area contributed by atoms with Crippen LogP contribution in [0.4, 0.5) is 10.2 Å². The van der Waals surface area contributed by atoms with E-state index in [0.29, 0.717) is 28.3 Å². The van der Waals surface area contributed by atoms with Crippen molar-refractivity contribution < 1.29 is 9.18 Å². The van der Waals surface area contributed by atoms with E-state index in [2.05, 4.69) is 15.3 Å². The Morgan fingerprint density at radius 2 is 2.14 bits per heavy atom. The van der Waals surface area contributed by atoms with Gasteiger partial charge >= 0.3 is 0 Å². The van der Waals surface area contributed by atoms with E-state index in [1.54, 1.807) is 6.07 Å². The van der Waals surface area contributed by atoms with Gasteiger partial charge in [0.15, 0.2) is 11.4 Å². The molecule has 1 fully saturated rings. The first-order valence-electron chi connectivity index (χ1n) is 7.06. The van der Waals surface area contributed by atoms with Crippen LogP contribution in [0.3, 0.4) is 0 Å². The molecule has 0 atom stereocenters. The first kappa shape index (κ1) is 15.0. The molecular formula is C16H16FN3OS. The van der Waals surface area contributed by atoms with Gasteiger partial charge in [0.25, 0.3) is 0 Å². The third kappa shape index (κ3) is 2.97. The zero-order valence-corrected chi connectivity index (χ0v) is 13.2. The van der Waals surface area contributed by atoms with Crippen molar-refractivity contribution in [3.63, 3.8) is 0 Å². The third-order valence-corrected chi connectivity index (χ3v) is 4.14.